The number of hydrogen-bond donors (Lipinski definition) is 0. The molecule has 1 aromatic heterocycles. The van der Waals surface area contributed by atoms with Crippen LogP contribution in [0.15, 0.2) is 30.5 Å². The molecule has 0 atom stereocenters. The summed E-state index contributed by atoms with van der Waals surface area (Å²) >= 11 is 0. The van der Waals surface area contributed by atoms with Crippen LogP contribution in [0.3, 0.4) is 0 Å². The predicted octanol–water partition coefficient (Wildman–Crippen LogP) is 6.70. The molecule has 0 bridgehead atoms. The molecule has 0 spiro atoms. The maximum absolute atomic E-state index is 11.9. The highest BCUT2D eigenvalue weighted by Crippen LogP contribution is 2.11. The standard InChI is InChI=1S/C22H36N2O/c1-2-3-4-5-6-7-8-9-10-11-12-13-14-15-16-19-22(25)21-18-17-20-23-24-21/h9-10,17-18,20H,2-8,11-16,19H2,1H3. The molecular weight excluding hydrogens is 308 g/mol. The molecule has 0 aliphatic heterocycles. The Balaban J connectivity index is 1.84. The predicted molar refractivity (Wildman–Crippen MR) is 106 cm³/mol. The molecule has 0 fully saturated rings. The highest BCUT2D eigenvalue weighted by Gasteiger charge is 2.06. The minimum Gasteiger partial charge on any atom is -0.292 e. The van der Waals surface area contributed by atoms with Crippen LogP contribution in [0.25, 0.3) is 0 Å². The van der Waals surface area contributed by atoms with E-state index in [0.29, 0.717) is 12.1 Å². The fraction of sp³-hybridized carbons (Fsp3) is 0.682. The topological polar surface area (TPSA) is 42.9 Å². The number of nitrogens with zero attached hydrogens (tertiary/aromatic N) is 2. The van der Waals surface area contributed by atoms with Crippen molar-refractivity contribution >= 4 is 5.78 Å². The highest BCUT2D eigenvalue weighted by atomic mass is 16.1. The summed E-state index contributed by atoms with van der Waals surface area (Å²) in [6.07, 6.45) is 23.5. The number of ketones is 1. The molecule has 25 heavy (non-hydrogen) atoms. The van der Waals surface area contributed by atoms with Crippen molar-refractivity contribution < 1.29 is 4.79 Å². The number of unbranched alkanes of at least 4 members (excludes halogenated alkanes) is 11. The Bertz CT molecular complexity index is 456. The van der Waals surface area contributed by atoms with E-state index in [2.05, 4.69) is 29.3 Å². The van der Waals surface area contributed by atoms with E-state index >= 15 is 0 Å². The lowest BCUT2D eigenvalue weighted by Gasteiger charge is -2.01. The van der Waals surface area contributed by atoms with Gasteiger partial charge in [-0.3, -0.25) is 4.79 Å². The van der Waals surface area contributed by atoms with E-state index in [9.17, 15) is 4.79 Å². The monoisotopic (exact) mass is 344 g/mol. The Labute approximate surface area is 154 Å². The van der Waals surface area contributed by atoms with Crippen molar-refractivity contribution in [3.8, 4) is 0 Å². The van der Waals surface area contributed by atoms with Gasteiger partial charge in [0.05, 0.1) is 0 Å². The van der Waals surface area contributed by atoms with Crippen LogP contribution < -0.4 is 0 Å². The van der Waals surface area contributed by atoms with Crippen molar-refractivity contribution in [2.45, 2.75) is 96.8 Å². The lowest BCUT2D eigenvalue weighted by Crippen LogP contribution is -2.02. The lowest BCUT2D eigenvalue weighted by atomic mass is 10.1. The summed E-state index contributed by atoms with van der Waals surface area (Å²) in [4.78, 5) is 11.9. The zero-order valence-corrected chi connectivity index (χ0v) is 16.1. The molecule has 0 N–H and O–H groups in total. The number of rotatable bonds is 16. The normalized spacial score (nSPS) is 11.2. The number of allylic oxidation sites excluding steroid dienone is 2. The first-order valence-electron chi connectivity index (χ1n) is 10.3. The maximum Gasteiger partial charge on any atom is 0.183 e. The van der Waals surface area contributed by atoms with Crippen LogP contribution in [0, 0.1) is 0 Å². The van der Waals surface area contributed by atoms with Gasteiger partial charge in [0.15, 0.2) is 5.78 Å². The molecule has 0 amide bonds. The van der Waals surface area contributed by atoms with Gasteiger partial charge in [0.25, 0.3) is 0 Å². The second-order valence-electron chi connectivity index (χ2n) is 6.87. The van der Waals surface area contributed by atoms with Crippen LogP contribution in [0.5, 0.6) is 0 Å². The Morgan fingerprint density at radius 1 is 0.880 bits per heavy atom. The van der Waals surface area contributed by atoms with Gasteiger partial charge in [0.2, 0.25) is 0 Å². The van der Waals surface area contributed by atoms with Crippen molar-refractivity contribution in [3.63, 3.8) is 0 Å². The fourth-order valence-corrected chi connectivity index (χ4v) is 2.93. The molecule has 0 saturated carbocycles. The van der Waals surface area contributed by atoms with Gasteiger partial charge in [-0.05, 0) is 44.2 Å². The van der Waals surface area contributed by atoms with E-state index in [4.69, 9.17) is 0 Å². The second-order valence-corrected chi connectivity index (χ2v) is 6.87. The average molecular weight is 345 g/mol. The molecule has 0 aliphatic carbocycles. The van der Waals surface area contributed by atoms with Crippen LogP contribution in [0.2, 0.25) is 0 Å². The van der Waals surface area contributed by atoms with Gasteiger partial charge in [-0.1, -0.05) is 70.4 Å². The summed E-state index contributed by atoms with van der Waals surface area (Å²) in [7, 11) is 0. The van der Waals surface area contributed by atoms with E-state index in [1.807, 2.05) is 0 Å². The highest BCUT2D eigenvalue weighted by molar-refractivity contribution is 5.93. The zero-order chi connectivity index (χ0) is 18.0. The van der Waals surface area contributed by atoms with E-state index in [-0.39, 0.29) is 5.78 Å². The number of carbonyl (C=O) groups excluding carboxylic acids is 1. The minimum atomic E-state index is 0.116. The van der Waals surface area contributed by atoms with Gasteiger partial charge >= 0.3 is 0 Å². The van der Waals surface area contributed by atoms with Crippen molar-refractivity contribution in [3.05, 3.63) is 36.2 Å². The van der Waals surface area contributed by atoms with Crippen molar-refractivity contribution in [2.24, 2.45) is 0 Å². The largest absolute Gasteiger partial charge is 0.292 e. The van der Waals surface area contributed by atoms with Gasteiger partial charge in [-0.2, -0.15) is 5.10 Å². The second kappa shape index (κ2) is 16.0. The van der Waals surface area contributed by atoms with E-state index in [1.54, 1.807) is 18.3 Å². The van der Waals surface area contributed by atoms with Crippen LogP contribution in [0.4, 0.5) is 0 Å². The molecule has 0 unspecified atom stereocenters. The van der Waals surface area contributed by atoms with Crippen molar-refractivity contribution in [1.82, 2.24) is 10.2 Å². The van der Waals surface area contributed by atoms with E-state index < -0.39 is 0 Å². The Kier molecular flexibility index (Phi) is 13.8. The maximum atomic E-state index is 11.9. The first-order valence-corrected chi connectivity index (χ1v) is 10.3. The van der Waals surface area contributed by atoms with Crippen LogP contribution in [-0.4, -0.2) is 16.0 Å². The summed E-state index contributed by atoms with van der Waals surface area (Å²) in [5.41, 5.74) is 0.498. The van der Waals surface area contributed by atoms with Crippen LogP contribution in [0.1, 0.15) is 107 Å². The molecule has 0 aliphatic rings. The number of carbonyl (C=O) groups is 1. The van der Waals surface area contributed by atoms with Crippen LogP contribution in [-0.2, 0) is 0 Å². The molecular formula is C22H36N2O. The third-order valence-electron chi connectivity index (χ3n) is 4.52. The Hall–Kier alpha value is -1.51. The summed E-state index contributed by atoms with van der Waals surface area (Å²) in [6, 6.07) is 3.51. The van der Waals surface area contributed by atoms with Crippen LogP contribution >= 0.6 is 0 Å². The Morgan fingerprint density at radius 3 is 2.08 bits per heavy atom. The van der Waals surface area contributed by atoms with Gasteiger partial charge in [-0.25, -0.2) is 0 Å². The summed E-state index contributed by atoms with van der Waals surface area (Å²) in [5, 5.41) is 7.61. The molecule has 1 rings (SSSR count). The molecule has 1 aromatic rings. The van der Waals surface area contributed by atoms with Gasteiger partial charge in [-0.15, -0.1) is 5.10 Å². The summed E-state index contributed by atoms with van der Waals surface area (Å²) in [5.74, 6) is 0.116. The SMILES string of the molecule is CCCCCCCCC=CCCCCCCCC(=O)c1cccnn1. The number of aromatic nitrogens is 2. The molecule has 1 heterocycles. The first-order chi connectivity index (χ1) is 12.3. The molecule has 0 aromatic carbocycles. The Morgan fingerprint density at radius 2 is 1.48 bits per heavy atom. The molecule has 3 heteroatoms. The molecule has 3 nitrogen and oxygen atoms in total. The lowest BCUT2D eigenvalue weighted by molar-refractivity contribution is 0.0973. The quantitative estimate of drug-likeness (QED) is 0.190. The zero-order valence-electron chi connectivity index (χ0n) is 16.1. The van der Waals surface area contributed by atoms with Gasteiger partial charge in [0.1, 0.15) is 5.69 Å². The smallest absolute Gasteiger partial charge is 0.183 e. The molecule has 0 radical (unpaired) electrons. The molecule has 0 saturated heterocycles. The van der Waals surface area contributed by atoms with Crippen molar-refractivity contribution in [1.29, 1.82) is 0 Å². The minimum absolute atomic E-state index is 0.116. The molecule has 140 valence electrons. The number of hydrogen-bond acceptors (Lipinski definition) is 3. The van der Waals surface area contributed by atoms with Gasteiger partial charge in [0, 0.05) is 12.6 Å². The van der Waals surface area contributed by atoms with E-state index in [1.165, 1.54) is 70.6 Å². The third kappa shape index (κ3) is 12.5. The van der Waals surface area contributed by atoms with Gasteiger partial charge < -0.3 is 0 Å². The van der Waals surface area contributed by atoms with Crippen molar-refractivity contribution in [2.75, 3.05) is 0 Å². The number of Topliss-reactive ketones (excluding diaryl/α,β-unsaturated/α-hetero) is 1. The summed E-state index contributed by atoms with van der Waals surface area (Å²) in [6.45, 7) is 2.27. The summed E-state index contributed by atoms with van der Waals surface area (Å²) < 4.78 is 0. The fourth-order valence-electron chi connectivity index (χ4n) is 2.93. The average Bonchev–Trinajstić information content (AvgIpc) is 2.65. The first kappa shape index (κ1) is 21.5. The van der Waals surface area contributed by atoms with E-state index in [0.717, 1.165) is 12.8 Å². The third-order valence-corrected chi connectivity index (χ3v) is 4.52.